The van der Waals surface area contributed by atoms with Crippen LogP contribution < -0.4 is 0 Å². The molecule has 0 aromatic rings. The lowest BCUT2D eigenvalue weighted by Crippen LogP contribution is -2.55. The second-order valence-electron chi connectivity index (χ2n) is 4.41. The summed E-state index contributed by atoms with van der Waals surface area (Å²) >= 11 is 1.44. The highest BCUT2D eigenvalue weighted by Gasteiger charge is 2.42. The molecule has 2 aliphatic heterocycles. The predicted octanol–water partition coefficient (Wildman–Crippen LogP) is 0.179. The molecule has 1 N–H and O–H groups in total. The molecule has 7 nitrogen and oxygen atoms in total. The van der Waals surface area contributed by atoms with Crippen molar-refractivity contribution in [3.8, 4) is 6.07 Å². The molecule has 0 spiro atoms. The Labute approximate surface area is 115 Å². The van der Waals surface area contributed by atoms with Crippen LogP contribution in [0, 0.1) is 11.3 Å². The number of carbonyl (C=O) groups excluding carboxylic acids is 1. The number of nitrogens with zero attached hydrogens (tertiary/aromatic N) is 3. The predicted molar refractivity (Wildman–Crippen MR) is 67.5 cm³/mol. The second kappa shape index (κ2) is 5.67. The number of aliphatic carboxylic acids is 1. The highest BCUT2D eigenvalue weighted by molar-refractivity contribution is 8.00. The van der Waals surface area contributed by atoms with Crippen molar-refractivity contribution in [2.45, 2.75) is 24.4 Å². The maximum absolute atomic E-state index is 12.4. The number of rotatable bonds is 1. The topological polar surface area (TPSA) is 93.9 Å². The zero-order valence-corrected chi connectivity index (χ0v) is 11.3. The molecule has 0 saturated carbocycles. The maximum Gasteiger partial charge on any atom is 0.327 e. The van der Waals surface area contributed by atoms with Crippen LogP contribution in [0.25, 0.3) is 0 Å². The van der Waals surface area contributed by atoms with E-state index in [-0.39, 0.29) is 17.9 Å². The lowest BCUT2D eigenvalue weighted by molar-refractivity contribution is -0.141. The van der Waals surface area contributed by atoms with Gasteiger partial charge >= 0.3 is 12.0 Å². The molecular formula is C11H15N3O4S. The molecule has 2 rings (SSSR count). The van der Waals surface area contributed by atoms with E-state index in [1.807, 2.05) is 13.0 Å². The van der Waals surface area contributed by atoms with Crippen LogP contribution >= 0.6 is 11.8 Å². The van der Waals surface area contributed by atoms with Gasteiger partial charge in [-0.15, -0.1) is 11.8 Å². The van der Waals surface area contributed by atoms with Crippen molar-refractivity contribution in [2.24, 2.45) is 0 Å². The van der Waals surface area contributed by atoms with Gasteiger partial charge in [0.25, 0.3) is 0 Å². The van der Waals surface area contributed by atoms with Crippen molar-refractivity contribution in [3.05, 3.63) is 0 Å². The van der Waals surface area contributed by atoms with Crippen LogP contribution in [0.15, 0.2) is 0 Å². The number of hydrogen-bond acceptors (Lipinski definition) is 5. The highest BCUT2D eigenvalue weighted by atomic mass is 32.2. The summed E-state index contributed by atoms with van der Waals surface area (Å²) in [5.41, 5.74) is 0. The largest absolute Gasteiger partial charge is 0.480 e. The first-order valence-electron chi connectivity index (χ1n) is 5.97. The van der Waals surface area contributed by atoms with Crippen molar-refractivity contribution in [1.29, 1.82) is 5.26 Å². The number of nitriles is 1. The molecule has 0 radical (unpaired) electrons. The SMILES string of the molecule is CC1SCC(C(=O)O)N1C(=O)N1CCOC(C#N)C1. The number of ether oxygens (including phenoxy) is 1. The summed E-state index contributed by atoms with van der Waals surface area (Å²) in [7, 11) is 0. The first-order chi connectivity index (χ1) is 9.04. The minimum absolute atomic E-state index is 0.169. The maximum atomic E-state index is 12.4. The number of carbonyl (C=O) groups is 2. The number of carboxylic acid groups (broad SMARTS) is 1. The molecule has 2 amide bonds. The van der Waals surface area contributed by atoms with Crippen LogP contribution in [0.1, 0.15) is 6.92 Å². The summed E-state index contributed by atoms with van der Waals surface area (Å²) in [5, 5.41) is 17.8. The lowest BCUT2D eigenvalue weighted by atomic mass is 10.2. The van der Waals surface area contributed by atoms with Crippen LogP contribution in [0.5, 0.6) is 0 Å². The number of hydrogen-bond donors (Lipinski definition) is 1. The summed E-state index contributed by atoms with van der Waals surface area (Å²) in [6.07, 6.45) is -0.633. The monoisotopic (exact) mass is 285 g/mol. The molecule has 2 heterocycles. The van der Waals surface area contributed by atoms with Crippen LogP contribution in [0.2, 0.25) is 0 Å². The zero-order valence-electron chi connectivity index (χ0n) is 10.5. The number of carboxylic acids is 1. The molecule has 0 bridgehead atoms. The van der Waals surface area contributed by atoms with E-state index in [0.29, 0.717) is 18.9 Å². The summed E-state index contributed by atoms with van der Waals surface area (Å²) in [6.45, 7) is 2.69. The standard InChI is InChI=1S/C11H15N3O4S/c1-7-14(9(6-19-7)10(15)16)11(17)13-2-3-18-8(4-12)5-13/h7-9H,2-3,5-6H2,1H3,(H,15,16). The van der Waals surface area contributed by atoms with E-state index in [1.165, 1.54) is 21.6 Å². The smallest absolute Gasteiger partial charge is 0.327 e. The average Bonchev–Trinajstić information content (AvgIpc) is 2.80. The van der Waals surface area contributed by atoms with Gasteiger partial charge in [-0.2, -0.15) is 5.26 Å². The van der Waals surface area contributed by atoms with Gasteiger partial charge in [0, 0.05) is 12.3 Å². The van der Waals surface area contributed by atoms with Crippen molar-refractivity contribution >= 4 is 23.8 Å². The van der Waals surface area contributed by atoms with Gasteiger partial charge < -0.3 is 14.7 Å². The van der Waals surface area contributed by atoms with Crippen LogP contribution in [0.4, 0.5) is 4.79 Å². The number of morpholine rings is 1. The third kappa shape index (κ3) is 2.77. The molecule has 3 unspecified atom stereocenters. The van der Waals surface area contributed by atoms with E-state index < -0.39 is 18.1 Å². The first kappa shape index (κ1) is 14.0. The zero-order chi connectivity index (χ0) is 14.0. The molecule has 2 saturated heterocycles. The summed E-state index contributed by atoms with van der Waals surface area (Å²) < 4.78 is 5.18. The Hall–Kier alpha value is -1.46. The third-order valence-corrected chi connectivity index (χ3v) is 4.43. The van der Waals surface area contributed by atoms with E-state index in [4.69, 9.17) is 15.1 Å². The van der Waals surface area contributed by atoms with E-state index in [2.05, 4.69) is 0 Å². The van der Waals surface area contributed by atoms with Crippen LogP contribution in [-0.2, 0) is 9.53 Å². The van der Waals surface area contributed by atoms with Gasteiger partial charge in [-0.05, 0) is 6.92 Å². The number of amides is 2. The molecule has 2 aliphatic rings. The van der Waals surface area contributed by atoms with E-state index in [1.54, 1.807) is 0 Å². The van der Waals surface area contributed by atoms with Gasteiger partial charge in [0.15, 0.2) is 6.10 Å². The Morgan fingerprint density at radius 2 is 2.26 bits per heavy atom. The minimum Gasteiger partial charge on any atom is -0.480 e. The number of thioether (sulfide) groups is 1. The molecule has 3 atom stereocenters. The van der Waals surface area contributed by atoms with Gasteiger partial charge in [0.05, 0.1) is 24.6 Å². The third-order valence-electron chi connectivity index (χ3n) is 3.21. The van der Waals surface area contributed by atoms with Crippen LogP contribution in [0.3, 0.4) is 0 Å². The van der Waals surface area contributed by atoms with Gasteiger partial charge in [-0.3, -0.25) is 4.90 Å². The molecule has 2 fully saturated rings. The van der Waals surface area contributed by atoms with Crippen LogP contribution in [-0.4, -0.2) is 69.9 Å². The normalized spacial score (nSPS) is 31.1. The Morgan fingerprint density at radius 3 is 2.89 bits per heavy atom. The Kier molecular flexibility index (Phi) is 4.17. The van der Waals surface area contributed by atoms with Crippen molar-refractivity contribution in [2.75, 3.05) is 25.4 Å². The lowest BCUT2D eigenvalue weighted by Gasteiger charge is -2.35. The Morgan fingerprint density at radius 1 is 1.53 bits per heavy atom. The van der Waals surface area contributed by atoms with Crippen molar-refractivity contribution in [1.82, 2.24) is 9.80 Å². The molecule has 8 heteroatoms. The molecule has 104 valence electrons. The van der Waals surface area contributed by atoms with E-state index in [0.717, 1.165) is 0 Å². The molecular weight excluding hydrogens is 270 g/mol. The molecule has 0 aliphatic carbocycles. The molecule has 19 heavy (non-hydrogen) atoms. The fourth-order valence-corrected chi connectivity index (χ4v) is 3.35. The summed E-state index contributed by atoms with van der Waals surface area (Å²) in [5.74, 6) is -0.593. The molecule has 0 aromatic heterocycles. The number of urea groups is 1. The van der Waals surface area contributed by atoms with Gasteiger partial charge in [-0.25, -0.2) is 9.59 Å². The summed E-state index contributed by atoms with van der Waals surface area (Å²) in [6, 6.07) is 0.847. The fraction of sp³-hybridized carbons (Fsp3) is 0.727. The van der Waals surface area contributed by atoms with Gasteiger partial charge in [0.1, 0.15) is 6.04 Å². The van der Waals surface area contributed by atoms with Gasteiger partial charge in [0.2, 0.25) is 0 Å². The molecule has 0 aromatic carbocycles. The second-order valence-corrected chi connectivity index (χ2v) is 5.76. The highest BCUT2D eigenvalue weighted by Crippen LogP contribution is 2.30. The average molecular weight is 285 g/mol. The van der Waals surface area contributed by atoms with Crippen molar-refractivity contribution < 1.29 is 19.4 Å². The van der Waals surface area contributed by atoms with Gasteiger partial charge in [-0.1, -0.05) is 0 Å². The fourth-order valence-electron chi connectivity index (χ4n) is 2.19. The minimum atomic E-state index is -0.990. The van der Waals surface area contributed by atoms with Crippen molar-refractivity contribution in [3.63, 3.8) is 0 Å². The summed E-state index contributed by atoms with van der Waals surface area (Å²) in [4.78, 5) is 26.4. The Bertz CT molecular complexity index is 425. The Balaban J connectivity index is 2.09. The van der Waals surface area contributed by atoms with E-state index in [9.17, 15) is 9.59 Å². The van der Waals surface area contributed by atoms with E-state index >= 15 is 0 Å². The quantitative estimate of drug-likeness (QED) is 0.738. The first-order valence-corrected chi connectivity index (χ1v) is 7.02.